The molecule has 7 aromatic rings. The van der Waals surface area contributed by atoms with Gasteiger partial charge in [-0.05, 0) is 145 Å². The van der Waals surface area contributed by atoms with Gasteiger partial charge in [0.1, 0.15) is 17.1 Å². The van der Waals surface area contributed by atoms with Crippen molar-refractivity contribution in [3.8, 4) is 28.3 Å². The van der Waals surface area contributed by atoms with Gasteiger partial charge in [0.25, 0.3) is 0 Å². The van der Waals surface area contributed by atoms with Crippen molar-refractivity contribution < 1.29 is 33.3 Å². The summed E-state index contributed by atoms with van der Waals surface area (Å²) in [6, 6.07) is 31.1. The molecule has 5 aromatic carbocycles. The van der Waals surface area contributed by atoms with Crippen molar-refractivity contribution in [2.45, 2.75) is 158 Å². The van der Waals surface area contributed by atoms with Crippen LogP contribution in [0.3, 0.4) is 0 Å². The summed E-state index contributed by atoms with van der Waals surface area (Å²) >= 11 is 0. The summed E-state index contributed by atoms with van der Waals surface area (Å²) in [6.07, 6.45) is 0.573. The fourth-order valence-electron chi connectivity index (χ4n) is 10.8. The second-order valence-corrected chi connectivity index (χ2v) is 22.6. The van der Waals surface area contributed by atoms with E-state index in [4.69, 9.17) is 19.5 Å². The zero-order chi connectivity index (χ0) is 48.7. The Kier molecular flexibility index (Phi) is 10.9. The molecular formula is C60H67N3O2Pt. The van der Waals surface area contributed by atoms with E-state index in [1.54, 1.807) is 0 Å². The number of aliphatic imine (C=N–C) groups is 1. The maximum Gasteiger partial charge on any atom is 2.00 e. The molecule has 6 heteroatoms. The molecule has 1 aliphatic carbocycles. The van der Waals surface area contributed by atoms with Gasteiger partial charge in [-0.3, -0.25) is 4.99 Å². The molecule has 0 fully saturated rings. The number of pyridine rings is 1. The van der Waals surface area contributed by atoms with Crippen molar-refractivity contribution in [1.82, 2.24) is 9.55 Å². The maximum atomic E-state index is 9.91. The van der Waals surface area contributed by atoms with Crippen LogP contribution in [0.1, 0.15) is 146 Å². The topological polar surface area (TPSA) is 48.6 Å². The first-order valence-electron chi connectivity index (χ1n) is 24.3. The van der Waals surface area contributed by atoms with Crippen LogP contribution in [-0.2, 0) is 54.8 Å². The molecule has 1 aliphatic heterocycles. The molecular weight excluding hydrogens is 990 g/mol. The minimum atomic E-state index is -1.84. The average molecular weight is 1060 g/mol. The number of aryl methyl sites for hydroxylation is 5. The normalized spacial score (nSPS) is 19.7. The van der Waals surface area contributed by atoms with Crippen molar-refractivity contribution in [2.75, 3.05) is 0 Å². The molecule has 0 saturated heterocycles. The first-order valence-corrected chi connectivity index (χ1v) is 23.3. The molecule has 0 N–H and O–H groups in total. The van der Waals surface area contributed by atoms with E-state index in [0.717, 1.165) is 72.1 Å². The predicted molar refractivity (Wildman–Crippen MR) is 271 cm³/mol. The molecule has 0 amide bonds. The van der Waals surface area contributed by atoms with Crippen LogP contribution in [0.25, 0.3) is 38.8 Å². The van der Waals surface area contributed by atoms with Crippen LogP contribution >= 0.6 is 0 Å². The van der Waals surface area contributed by atoms with E-state index in [2.05, 4.69) is 181 Å². The number of hydrogen-bond donors (Lipinski definition) is 0. The van der Waals surface area contributed by atoms with E-state index in [1.165, 1.54) is 22.3 Å². The van der Waals surface area contributed by atoms with Crippen LogP contribution in [0.5, 0.6) is 11.5 Å². The summed E-state index contributed by atoms with van der Waals surface area (Å²) in [7, 11) is 0. The summed E-state index contributed by atoms with van der Waals surface area (Å²) < 4.78 is 36.2. The Labute approximate surface area is 411 Å². The molecule has 344 valence electrons. The molecule has 0 bridgehead atoms. The Morgan fingerprint density at radius 2 is 1.39 bits per heavy atom. The number of fused-ring (bicyclic) bond motifs is 5. The third-order valence-corrected chi connectivity index (χ3v) is 14.1. The van der Waals surface area contributed by atoms with E-state index >= 15 is 0 Å². The first kappa shape index (κ1) is 44.8. The van der Waals surface area contributed by atoms with Gasteiger partial charge in [-0.25, -0.2) is 4.98 Å². The fraction of sp³-hybridized carbons (Fsp3) is 0.400. The quantitative estimate of drug-likeness (QED) is 0.161. The number of aromatic nitrogens is 2. The van der Waals surface area contributed by atoms with Crippen molar-refractivity contribution in [2.24, 2.45) is 4.99 Å². The van der Waals surface area contributed by atoms with Gasteiger partial charge in [-0.1, -0.05) is 121 Å². The van der Waals surface area contributed by atoms with Gasteiger partial charge in [0.05, 0.1) is 11.1 Å². The van der Waals surface area contributed by atoms with Gasteiger partial charge < -0.3 is 14.0 Å². The number of rotatable bonds is 5. The molecule has 9 rings (SSSR count). The standard InChI is InChI=1S/C60H67N3O2.Pt/c1-34-22-36(3)51(37(4)23-34)40-25-41(55-62-59(16)32-42-24-38(5)53(58(13,14)15)39(6)49(42)33-60(59,17)65-55)27-46(26-40)64-47-29-44(57(10,11)12)28-45(31-47)63-50-19-18-43(56(7,8)9)30-48(50)52-35(2)20-21-61-54(52)63;/h18-26,28-30H,32-33H2,1-17H3;/q-2;+2/t59-,60-;/m0./s1/i32D2;. The largest absolute Gasteiger partial charge is 2.00 e. The number of ether oxygens (including phenoxy) is 2. The van der Waals surface area contributed by atoms with Crippen LogP contribution in [0.4, 0.5) is 0 Å². The molecule has 0 spiro atoms. The van der Waals surface area contributed by atoms with Crippen molar-refractivity contribution in [3.05, 3.63) is 152 Å². The van der Waals surface area contributed by atoms with Gasteiger partial charge in [-0.2, -0.15) is 0 Å². The van der Waals surface area contributed by atoms with E-state index < -0.39 is 17.5 Å². The second kappa shape index (κ2) is 16.1. The molecule has 0 saturated carbocycles. The van der Waals surface area contributed by atoms with Crippen molar-refractivity contribution in [1.29, 1.82) is 0 Å². The molecule has 2 aliphatic rings. The van der Waals surface area contributed by atoms with Crippen LogP contribution in [0.15, 0.2) is 77.9 Å². The Hall–Kier alpha value is -4.99. The molecule has 66 heavy (non-hydrogen) atoms. The minimum Gasteiger partial charge on any atom is -0.511 e. The molecule has 5 nitrogen and oxygen atoms in total. The smallest absolute Gasteiger partial charge is 0.511 e. The molecule has 2 aromatic heterocycles. The predicted octanol–water partition coefficient (Wildman–Crippen LogP) is 15.1. The average Bonchev–Trinajstić information content (AvgIpc) is 3.69. The minimum absolute atomic E-state index is 0. The molecule has 3 heterocycles. The third kappa shape index (κ3) is 8.05. The Morgan fingerprint density at radius 1 is 0.727 bits per heavy atom. The maximum absolute atomic E-state index is 9.91. The van der Waals surface area contributed by atoms with Crippen LogP contribution in [0, 0.1) is 53.7 Å². The van der Waals surface area contributed by atoms with Crippen molar-refractivity contribution >= 4 is 27.8 Å². The van der Waals surface area contributed by atoms with E-state index in [-0.39, 0.29) is 37.3 Å². The SMILES string of the molecule is [2H]C1([2H])c2cc(C)c(C(C)(C)C)c(C)c2C[C@]2(C)OC(c3[c-]c(Oc4[c-]c(-n5c6ccc(C(C)(C)C)cc6c6c(C)ccnc65)cc(C(C)(C)C)c4)cc(-c4c(C)cc(C)cc4C)c3)=N[C@@]12C.[Pt+2]. The summed E-state index contributed by atoms with van der Waals surface area (Å²) in [4.78, 5) is 10.3. The van der Waals surface area contributed by atoms with E-state index in [0.29, 0.717) is 34.9 Å². The van der Waals surface area contributed by atoms with Crippen LogP contribution in [0.2, 0.25) is 0 Å². The zero-order valence-electron chi connectivity index (χ0n) is 44.1. The Balaban J connectivity index is 0.00000625. The van der Waals surface area contributed by atoms with Gasteiger partial charge >= 0.3 is 21.1 Å². The van der Waals surface area contributed by atoms with Crippen LogP contribution in [-0.4, -0.2) is 26.6 Å². The molecule has 0 unspecified atom stereocenters. The van der Waals surface area contributed by atoms with Crippen molar-refractivity contribution in [3.63, 3.8) is 0 Å². The summed E-state index contributed by atoms with van der Waals surface area (Å²) in [5.74, 6) is 1.38. The number of hydrogen-bond acceptors (Lipinski definition) is 4. The van der Waals surface area contributed by atoms with E-state index in [1.807, 2.05) is 26.1 Å². The molecule has 2 atom stereocenters. The third-order valence-electron chi connectivity index (χ3n) is 14.1. The van der Waals surface area contributed by atoms with Crippen LogP contribution < -0.4 is 4.74 Å². The number of nitrogens with zero attached hydrogens (tertiary/aromatic N) is 3. The Bertz CT molecular complexity index is 3230. The number of benzene rings is 5. The fourth-order valence-corrected chi connectivity index (χ4v) is 10.8. The van der Waals surface area contributed by atoms with Gasteiger partial charge in [0.15, 0.2) is 0 Å². The summed E-state index contributed by atoms with van der Waals surface area (Å²) in [5, 5.41) is 2.29. The van der Waals surface area contributed by atoms with Gasteiger partial charge in [0, 0.05) is 44.0 Å². The monoisotopic (exact) mass is 1060 g/mol. The second-order valence-electron chi connectivity index (χ2n) is 22.6. The summed E-state index contributed by atoms with van der Waals surface area (Å²) in [5.41, 5.74) is 15.0. The van der Waals surface area contributed by atoms with Gasteiger partial charge in [0.2, 0.25) is 0 Å². The Morgan fingerprint density at radius 3 is 2.05 bits per heavy atom. The zero-order valence-corrected chi connectivity index (χ0v) is 44.4. The first-order chi connectivity index (χ1) is 31.0. The van der Waals surface area contributed by atoms with Gasteiger partial charge in [-0.15, -0.1) is 29.8 Å². The summed E-state index contributed by atoms with van der Waals surface area (Å²) in [6.45, 7) is 36.9. The molecule has 0 radical (unpaired) electrons. The van der Waals surface area contributed by atoms with E-state index in [9.17, 15) is 2.74 Å².